The quantitative estimate of drug-likeness (QED) is 0.731. The molecule has 0 saturated carbocycles. The second-order valence-corrected chi connectivity index (χ2v) is 8.81. The lowest BCUT2D eigenvalue weighted by atomic mass is 10.1. The largest absolute Gasteiger partial charge is 0.399 e. The monoisotopic (exact) mass is 423 g/mol. The van der Waals surface area contributed by atoms with Gasteiger partial charge in [-0.15, -0.1) is 12.4 Å². The van der Waals surface area contributed by atoms with Crippen molar-refractivity contribution in [1.82, 2.24) is 4.31 Å². The van der Waals surface area contributed by atoms with E-state index in [0.717, 1.165) is 31.2 Å². The van der Waals surface area contributed by atoms with E-state index in [-0.39, 0.29) is 23.2 Å². The maximum absolute atomic E-state index is 12.9. The Bertz CT molecular complexity index is 939. The lowest BCUT2D eigenvalue weighted by molar-refractivity contribution is 0.102. The third-order valence-corrected chi connectivity index (χ3v) is 6.70. The van der Waals surface area contributed by atoms with E-state index in [0.29, 0.717) is 30.0 Å². The average Bonchev–Trinajstić information content (AvgIpc) is 2.95. The Kier molecular flexibility index (Phi) is 7.46. The second-order valence-electron chi connectivity index (χ2n) is 6.87. The van der Waals surface area contributed by atoms with Gasteiger partial charge in [0, 0.05) is 30.0 Å². The van der Waals surface area contributed by atoms with Crippen molar-refractivity contribution in [3.8, 4) is 0 Å². The summed E-state index contributed by atoms with van der Waals surface area (Å²) in [7, 11) is -3.60. The van der Waals surface area contributed by atoms with Crippen LogP contribution >= 0.6 is 12.4 Å². The molecule has 0 unspecified atom stereocenters. The van der Waals surface area contributed by atoms with Crippen LogP contribution in [0.2, 0.25) is 0 Å². The molecule has 0 aliphatic carbocycles. The zero-order valence-electron chi connectivity index (χ0n) is 15.8. The highest BCUT2D eigenvalue weighted by Crippen LogP contribution is 2.23. The summed E-state index contributed by atoms with van der Waals surface area (Å²) < 4.78 is 27.4. The van der Waals surface area contributed by atoms with Crippen LogP contribution in [0.25, 0.3) is 0 Å². The Hall–Kier alpha value is -2.09. The van der Waals surface area contributed by atoms with E-state index in [1.54, 1.807) is 30.3 Å². The predicted molar refractivity (Wildman–Crippen MR) is 114 cm³/mol. The Balaban J connectivity index is 0.00000280. The highest BCUT2D eigenvalue weighted by atomic mass is 35.5. The first-order valence-electron chi connectivity index (χ1n) is 9.15. The molecular weight excluding hydrogens is 398 g/mol. The summed E-state index contributed by atoms with van der Waals surface area (Å²) in [5.74, 6) is -0.364. The van der Waals surface area contributed by atoms with Crippen LogP contribution in [-0.2, 0) is 10.0 Å². The second kappa shape index (κ2) is 9.41. The minimum absolute atomic E-state index is 0. The molecule has 0 bridgehead atoms. The summed E-state index contributed by atoms with van der Waals surface area (Å²) in [6.45, 7) is 2.93. The van der Waals surface area contributed by atoms with Gasteiger partial charge in [0.15, 0.2) is 0 Å². The van der Waals surface area contributed by atoms with Crippen molar-refractivity contribution in [3.05, 3.63) is 53.6 Å². The van der Waals surface area contributed by atoms with Crippen molar-refractivity contribution >= 4 is 39.7 Å². The van der Waals surface area contributed by atoms with Crippen LogP contribution in [0.15, 0.2) is 47.4 Å². The Morgan fingerprint density at radius 1 is 1.04 bits per heavy atom. The number of nitrogen functional groups attached to an aromatic ring is 1. The van der Waals surface area contributed by atoms with Gasteiger partial charge in [-0.25, -0.2) is 8.42 Å². The van der Waals surface area contributed by atoms with Gasteiger partial charge in [-0.05, 0) is 55.7 Å². The molecule has 1 heterocycles. The number of sulfonamides is 1. The molecule has 2 aromatic carbocycles. The first-order valence-corrected chi connectivity index (χ1v) is 10.6. The molecule has 3 N–H and O–H groups in total. The summed E-state index contributed by atoms with van der Waals surface area (Å²) in [6.07, 6.45) is 3.84. The summed E-state index contributed by atoms with van der Waals surface area (Å²) >= 11 is 0. The standard InChI is InChI=1S/C20H25N3O3S.ClH/c1-15-9-10-17(21)14-19(15)22-20(24)16-7-6-8-18(13-16)27(25,26)23-11-4-2-3-5-12-23;/h6-10,13-14H,2-5,11-12,21H2,1H3,(H,22,24);1H. The zero-order valence-corrected chi connectivity index (χ0v) is 17.5. The van der Waals surface area contributed by atoms with E-state index in [9.17, 15) is 13.2 Å². The van der Waals surface area contributed by atoms with Gasteiger partial charge >= 0.3 is 0 Å². The van der Waals surface area contributed by atoms with Gasteiger partial charge in [0.1, 0.15) is 0 Å². The lowest BCUT2D eigenvalue weighted by Gasteiger charge is -2.20. The number of nitrogens with zero attached hydrogens (tertiary/aromatic N) is 1. The van der Waals surface area contributed by atoms with Gasteiger partial charge < -0.3 is 11.1 Å². The van der Waals surface area contributed by atoms with Crippen molar-refractivity contribution in [2.24, 2.45) is 0 Å². The summed E-state index contributed by atoms with van der Waals surface area (Å²) in [6, 6.07) is 11.5. The van der Waals surface area contributed by atoms with Crippen LogP contribution in [0.1, 0.15) is 41.6 Å². The molecule has 1 aliphatic rings. The molecule has 1 fully saturated rings. The number of benzene rings is 2. The number of carbonyl (C=O) groups is 1. The molecule has 1 amide bonds. The van der Waals surface area contributed by atoms with Crippen molar-refractivity contribution in [2.45, 2.75) is 37.5 Å². The van der Waals surface area contributed by atoms with Gasteiger partial charge in [-0.1, -0.05) is 25.0 Å². The fourth-order valence-corrected chi connectivity index (χ4v) is 4.76. The van der Waals surface area contributed by atoms with Crippen molar-refractivity contribution < 1.29 is 13.2 Å². The Morgan fingerprint density at radius 2 is 1.71 bits per heavy atom. The Morgan fingerprint density at radius 3 is 2.39 bits per heavy atom. The number of anilines is 2. The number of aryl methyl sites for hydroxylation is 1. The summed E-state index contributed by atoms with van der Waals surface area (Å²) in [4.78, 5) is 12.8. The van der Waals surface area contributed by atoms with Gasteiger partial charge in [-0.2, -0.15) is 4.31 Å². The molecule has 0 radical (unpaired) electrons. The topological polar surface area (TPSA) is 92.5 Å². The van der Waals surface area contributed by atoms with Crippen molar-refractivity contribution in [1.29, 1.82) is 0 Å². The van der Waals surface area contributed by atoms with Gasteiger partial charge in [0.2, 0.25) is 10.0 Å². The number of halogens is 1. The van der Waals surface area contributed by atoms with E-state index in [4.69, 9.17) is 5.73 Å². The average molecular weight is 424 g/mol. The van der Waals surface area contributed by atoms with Crippen LogP contribution in [0, 0.1) is 6.92 Å². The highest BCUT2D eigenvalue weighted by Gasteiger charge is 2.25. The molecule has 8 heteroatoms. The number of nitrogens with two attached hydrogens (primary N) is 1. The van der Waals surface area contributed by atoms with Crippen LogP contribution in [0.4, 0.5) is 11.4 Å². The molecule has 3 rings (SSSR count). The smallest absolute Gasteiger partial charge is 0.255 e. The molecule has 0 spiro atoms. The number of hydrogen-bond donors (Lipinski definition) is 2. The maximum atomic E-state index is 12.9. The summed E-state index contributed by atoms with van der Waals surface area (Å²) in [5, 5.41) is 2.81. The van der Waals surface area contributed by atoms with Crippen molar-refractivity contribution in [2.75, 3.05) is 24.1 Å². The SMILES string of the molecule is Cc1ccc(N)cc1NC(=O)c1cccc(S(=O)(=O)N2CCCCCC2)c1.Cl. The maximum Gasteiger partial charge on any atom is 0.255 e. The highest BCUT2D eigenvalue weighted by molar-refractivity contribution is 7.89. The molecular formula is C20H26ClN3O3S. The van der Waals surface area contributed by atoms with E-state index >= 15 is 0 Å². The molecule has 0 atom stereocenters. The van der Waals surface area contributed by atoms with E-state index in [1.165, 1.54) is 10.4 Å². The third kappa shape index (κ3) is 5.04. The molecule has 1 aliphatic heterocycles. The molecule has 2 aromatic rings. The number of hydrogen-bond acceptors (Lipinski definition) is 4. The number of nitrogens with one attached hydrogen (secondary N) is 1. The fourth-order valence-electron chi connectivity index (χ4n) is 3.20. The lowest BCUT2D eigenvalue weighted by Crippen LogP contribution is -2.32. The summed E-state index contributed by atoms with van der Waals surface area (Å²) in [5.41, 5.74) is 8.12. The number of carbonyl (C=O) groups excluding carboxylic acids is 1. The molecule has 152 valence electrons. The minimum Gasteiger partial charge on any atom is -0.399 e. The van der Waals surface area contributed by atoms with Crippen molar-refractivity contribution in [3.63, 3.8) is 0 Å². The van der Waals surface area contributed by atoms with Crippen LogP contribution in [-0.4, -0.2) is 31.7 Å². The predicted octanol–water partition coefficient (Wildman–Crippen LogP) is 3.82. The molecule has 28 heavy (non-hydrogen) atoms. The van der Waals surface area contributed by atoms with E-state index in [1.807, 2.05) is 13.0 Å². The normalized spacial score (nSPS) is 15.3. The zero-order chi connectivity index (χ0) is 19.4. The van der Waals surface area contributed by atoms with Gasteiger partial charge in [0.25, 0.3) is 5.91 Å². The minimum atomic E-state index is -3.60. The number of amides is 1. The van der Waals surface area contributed by atoms with Crippen LogP contribution < -0.4 is 11.1 Å². The van der Waals surface area contributed by atoms with Crippen LogP contribution in [0.3, 0.4) is 0 Å². The molecule has 1 saturated heterocycles. The van der Waals surface area contributed by atoms with E-state index < -0.39 is 10.0 Å². The van der Waals surface area contributed by atoms with E-state index in [2.05, 4.69) is 5.32 Å². The first kappa shape index (κ1) is 22.2. The van der Waals surface area contributed by atoms with Gasteiger partial charge in [-0.3, -0.25) is 4.79 Å². The van der Waals surface area contributed by atoms with Crippen LogP contribution in [0.5, 0.6) is 0 Å². The Labute approximate surface area is 172 Å². The molecule has 6 nitrogen and oxygen atoms in total. The fraction of sp³-hybridized carbons (Fsp3) is 0.350. The number of rotatable bonds is 4. The third-order valence-electron chi connectivity index (χ3n) is 4.81. The first-order chi connectivity index (χ1) is 12.9. The van der Waals surface area contributed by atoms with Gasteiger partial charge in [0.05, 0.1) is 4.90 Å². The molecule has 0 aromatic heterocycles.